The summed E-state index contributed by atoms with van der Waals surface area (Å²) in [5.41, 5.74) is 3.07. The molecule has 0 amide bonds. The van der Waals surface area contributed by atoms with Gasteiger partial charge >= 0.3 is 5.97 Å². The standard InChI is InChI=1S/C20H13ClN2O3S/c21-14-7-5-13(6-8-14)20-22-15(12-27-20)11-25-19(24)10-9-18-23-16-3-1-2-4-17(16)26-18/h1-10,12H,11H2/b10-9+. The molecule has 7 heteroatoms. The van der Waals surface area contributed by atoms with Gasteiger partial charge in [-0.2, -0.15) is 0 Å². The monoisotopic (exact) mass is 396 g/mol. The van der Waals surface area contributed by atoms with Gasteiger partial charge in [0.15, 0.2) is 5.58 Å². The molecule has 0 radical (unpaired) electrons. The molecule has 0 N–H and O–H groups in total. The van der Waals surface area contributed by atoms with Crippen molar-refractivity contribution in [1.82, 2.24) is 9.97 Å². The van der Waals surface area contributed by atoms with Gasteiger partial charge in [0.2, 0.25) is 5.89 Å². The molecule has 0 fully saturated rings. The summed E-state index contributed by atoms with van der Waals surface area (Å²) in [4.78, 5) is 20.6. The minimum atomic E-state index is -0.488. The van der Waals surface area contributed by atoms with Crippen LogP contribution in [0, 0.1) is 0 Å². The van der Waals surface area contributed by atoms with E-state index in [1.807, 2.05) is 53.9 Å². The molecule has 0 saturated carbocycles. The summed E-state index contributed by atoms with van der Waals surface area (Å²) in [6.45, 7) is 0.0980. The first-order valence-corrected chi connectivity index (χ1v) is 9.34. The molecule has 0 unspecified atom stereocenters. The Balaban J connectivity index is 1.35. The van der Waals surface area contributed by atoms with E-state index in [1.165, 1.54) is 23.5 Å². The topological polar surface area (TPSA) is 65.2 Å². The largest absolute Gasteiger partial charge is 0.456 e. The second-order valence-corrected chi connectivity index (χ2v) is 6.91. The SMILES string of the molecule is O=C(/C=C/c1nc2ccccc2o1)OCc1csc(-c2ccc(Cl)cc2)n1. The van der Waals surface area contributed by atoms with Crippen LogP contribution >= 0.6 is 22.9 Å². The molecule has 4 aromatic rings. The number of hydrogen-bond acceptors (Lipinski definition) is 6. The zero-order chi connectivity index (χ0) is 18.6. The van der Waals surface area contributed by atoms with Crippen molar-refractivity contribution >= 4 is 46.1 Å². The van der Waals surface area contributed by atoms with Crippen LogP contribution in [0.15, 0.2) is 64.4 Å². The third-order valence-corrected chi connectivity index (χ3v) is 4.87. The highest BCUT2D eigenvalue weighted by atomic mass is 35.5. The number of benzene rings is 2. The van der Waals surface area contributed by atoms with E-state index in [0.29, 0.717) is 22.2 Å². The Bertz CT molecular complexity index is 1080. The first-order valence-electron chi connectivity index (χ1n) is 8.08. The molecular weight excluding hydrogens is 384 g/mol. The number of fused-ring (bicyclic) bond motifs is 1. The molecule has 0 aliphatic heterocycles. The van der Waals surface area contributed by atoms with Crippen LogP contribution < -0.4 is 0 Å². The van der Waals surface area contributed by atoms with Crippen molar-refractivity contribution < 1.29 is 13.9 Å². The smallest absolute Gasteiger partial charge is 0.331 e. The maximum absolute atomic E-state index is 11.9. The molecular formula is C20H13ClN2O3S. The molecule has 0 bridgehead atoms. The number of para-hydroxylation sites is 2. The molecule has 4 rings (SSSR count). The lowest BCUT2D eigenvalue weighted by molar-refractivity contribution is -0.139. The fraction of sp³-hybridized carbons (Fsp3) is 0.0500. The summed E-state index contributed by atoms with van der Waals surface area (Å²) in [5, 5.41) is 3.39. The van der Waals surface area contributed by atoms with Gasteiger partial charge in [-0.15, -0.1) is 11.3 Å². The number of esters is 1. The van der Waals surface area contributed by atoms with E-state index in [-0.39, 0.29) is 6.61 Å². The number of rotatable bonds is 5. The van der Waals surface area contributed by atoms with Crippen molar-refractivity contribution in [3.05, 3.63) is 76.6 Å². The van der Waals surface area contributed by atoms with Crippen molar-refractivity contribution in [3.63, 3.8) is 0 Å². The Kier molecular flexibility index (Phi) is 5.00. The lowest BCUT2D eigenvalue weighted by Gasteiger charge is -1.98. The zero-order valence-corrected chi connectivity index (χ0v) is 15.5. The Morgan fingerprint density at radius 1 is 1.15 bits per heavy atom. The Morgan fingerprint density at radius 2 is 1.96 bits per heavy atom. The number of oxazole rings is 1. The van der Waals surface area contributed by atoms with Crippen molar-refractivity contribution in [2.45, 2.75) is 6.61 Å². The van der Waals surface area contributed by atoms with Crippen molar-refractivity contribution in [3.8, 4) is 10.6 Å². The zero-order valence-electron chi connectivity index (χ0n) is 14.0. The van der Waals surface area contributed by atoms with Crippen molar-refractivity contribution in [2.24, 2.45) is 0 Å². The molecule has 0 spiro atoms. The van der Waals surface area contributed by atoms with E-state index in [2.05, 4.69) is 9.97 Å². The molecule has 0 aliphatic carbocycles. The van der Waals surface area contributed by atoms with E-state index in [1.54, 1.807) is 0 Å². The molecule has 27 heavy (non-hydrogen) atoms. The molecule has 134 valence electrons. The predicted octanol–water partition coefficient (Wildman–Crippen LogP) is 5.36. The highest BCUT2D eigenvalue weighted by Crippen LogP contribution is 2.25. The van der Waals surface area contributed by atoms with Gasteiger partial charge in [0, 0.05) is 28.1 Å². The minimum absolute atomic E-state index is 0.0980. The number of ether oxygens (including phenoxy) is 1. The molecule has 2 heterocycles. The average molecular weight is 397 g/mol. The molecule has 0 aliphatic rings. The third-order valence-electron chi connectivity index (χ3n) is 3.68. The maximum atomic E-state index is 11.9. The van der Waals surface area contributed by atoms with E-state index < -0.39 is 5.97 Å². The van der Waals surface area contributed by atoms with E-state index in [9.17, 15) is 4.79 Å². The lowest BCUT2D eigenvalue weighted by Crippen LogP contribution is -2.00. The minimum Gasteiger partial charge on any atom is -0.456 e. The highest BCUT2D eigenvalue weighted by Gasteiger charge is 2.07. The molecule has 5 nitrogen and oxygen atoms in total. The molecule has 0 atom stereocenters. The number of hydrogen-bond donors (Lipinski definition) is 0. The van der Waals surface area contributed by atoms with Crippen LogP contribution in [0.25, 0.3) is 27.7 Å². The number of nitrogens with zero attached hydrogens (tertiary/aromatic N) is 2. The average Bonchev–Trinajstić information content (AvgIpc) is 3.32. The number of aromatic nitrogens is 2. The third kappa shape index (κ3) is 4.24. The van der Waals surface area contributed by atoms with Gasteiger partial charge in [0.05, 0.1) is 5.69 Å². The number of carbonyl (C=O) groups is 1. The van der Waals surface area contributed by atoms with E-state index >= 15 is 0 Å². The Morgan fingerprint density at radius 3 is 2.78 bits per heavy atom. The van der Waals surface area contributed by atoms with E-state index in [0.717, 1.165) is 16.1 Å². The Hall–Kier alpha value is -2.96. The molecule has 2 aromatic carbocycles. The summed E-state index contributed by atoms with van der Waals surface area (Å²) in [7, 11) is 0. The second-order valence-electron chi connectivity index (χ2n) is 5.61. The fourth-order valence-corrected chi connectivity index (χ4v) is 3.33. The van der Waals surface area contributed by atoms with Crippen LogP contribution in [0.5, 0.6) is 0 Å². The van der Waals surface area contributed by atoms with Gasteiger partial charge in [-0.25, -0.2) is 14.8 Å². The van der Waals surface area contributed by atoms with Gasteiger partial charge in [-0.3, -0.25) is 0 Å². The van der Waals surface area contributed by atoms with Gasteiger partial charge in [-0.1, -0.05) is 35.9 Å². The Labute approximate surface area is 163 Å². The van der Waals surface area contributed by atoms with Crippen molar-refractivity contribution in [2.75, 3.05) is 0 Å². The van der Waals surface area contributed by atoms with Crippen LogP contribution in [-0.2, 0) is 16.1 Å². The maximum Gasteiger partial charge on any atom is 0.331 e. The van der Waals surface area contributed by atoms with Crippen LogP contribution in [0.1, 0.15) is 11.6 Å². The number of halogens is 1. The van der Waals surface area contributed by atoms with Gasteiger partial charge < -0.3 is 9.15 Å². The van der Waals surface area contributed by atoms with Gasteiger partial charge in [-0.05, 0) is 24.3 Å². The van der Waals surface area contributed by atoms with Crippen LogP contribution in [0.4, 0.5) is 0 Å². The first-order chi connectivity index (χ1) is 13.2. The molecule has 2 aromatic heterocycles. The van der Waals surface area contributed by atoms with Gasteiger partial charge in [0.1, 0.15) is 17.1 Å². The quantitative estimate of drug-likeness (QED) is 0.335. The summed E-state index contributed by atoms with van der Waals surface area (Å²) in [6, 6.07) is 14.8. The number of carbonyl (C=O) groups excluding carboxylic acids is 1. The van der Waals surface area contributed by atoms with Crippen molar-refractivity contribution in [1.29, 1.82) is 0 Å². The molecule has 0 saturated heterocycles. The first kappa shape index (κ1) is 17.5. The van der Waals surface area contributed by atoms with E-state index in [4.69, 9.17) is 20.8 Å². The second kappa shape index (κ2) is 7.73. The summed E-state index contributed by atoms with van der Waals surface area (Å²) in [6.07, 6.45) is 2.78. The lowest BCUT2D eigenvalue weighted by atomic mass is 10.2. The van der Waals surface area contributed by atoms with Crippen LogP contribution in [-0.4, -0.2) is 15.9 Å². The summed E-state index contributed by atoms with van der Waals surface area (Å²) < 4.78 is 10.7. The normalized spacial score (nSPS) is 11.3. The fourth-order valence-electron chi connectivity index (χ4n) is 2.39. The van der Waals surface area contributed by atoms with Crippen LogP contribution in [0.3, 0.4) is 0 Å². The van der Waals surface area contributed by atoms with Crippen LogP contribution in [0.2, 0.25) is 5.02 Å². The predicted molar refractivity (Wildman–Crippen MR) is 105 cm³/mol. The summed E-state index contributed by atoms with van der Waals surface area (Å²) in [5.74, 6) is -0.134. The van der Waals surface area contributed by atoms with Gasteiger partial charge in [0.25, 0.3) is 0 Å². The highest BCUT2D eigenvalue weighted by molar-refractivity contribution is 7.13. The summed E-state index contributed by atoms with van der Waals surface area (Å²) >= 11 is 7.38. The number of thiazole rings is 1.